The highest BCUT2D eigenvalue weighted by atomic mass is 16.5. The highest BCUT2D eigenvalue weighted by Gasteiger charge is 2.13. The van der Waals surface area contributed by atoms with Crippen molar-refractivity contribution in [3.8, 4) is 11.3 Å². The minimum Gasteiger partial charge on any atom is -0.465 e. The van der Waals surface area contributed by atoms with Gasteiger partial charge in [-0.2, -0.15) is 0 Å². The van der Waals surface area contributed by atoms with Crippen LogP contribution >= 0.6 is 0 Å². The number of nitrogens with one attached hydrogen (secondary N) is 1. The molecule has 0 amide bonds. The van der Waals surface area contributed by atoms with Gasteiger partial charge in [-0.25, -0.2) is 4.79 Å². The van der Waals surface area contributed by atoms with Crippen LogP contribution in [0.5, 0.6) is 0 Å². The number of fused-ring (bicyclic) bond motifs is 1. The minimum absolute atomic E-state index is 0.325. The zero-order valence-corrected chi connectivity index (χ0v) is 10.5. The van der Waals surface area contributed by atoms with E-state index in [-0.39, 0.29) is 5.97 Å². The molecule has 1 heterocycles. The average Bonchev–Trinajstić information content (AvgIpc) is 2.90. The average molecular weight is 251 g/mol. The van der Waals surface area contributed by atoms with Crippen molar-refractivity contribution < 1.29 is 9.53 Å². The van der Waals surface area contributed by atoms with Gasteiger partial charge in [0.15, 0.2) is 0 Å². The minimum atomic E-state index is -0.325. The summed E-state index contributed by atoms with van der Waals surface area (Å²) in [5.41, 5.74) is 3.39. The molecule has 19 heavy (non-hydrogen) atoms. The summed E-state index contributed by atoms with van der Waals surface area (Å²) < 4.78 is 4.82. The monoisotopic (exact) mass is 251 g/mol. The Hall–Kier alpha value is -2.55. The van der Waals surface area contributed by atoms with Gasteiger partial charge in [-0.1, -0.05) is 36.4 Å². The van der Waals surface area contributed by atoms with Crippen LogP contribution in [-0.2, 0) is 4.74 Å². The first-order chi connectivity index (χ1) is 9.29. The second-order valence-electron chi connectivity index (χ2n) is 4.31. The second kappa shape index (κ2) is 4.61. The van der Waals surface area contributed by atoms with Crippen molar-refractivity contribution in [3.05, 3.63) is 60.2 Å². The van der Waals surface area contributed by atoms with E-state index >= 15 is 0 Å². The summed E-state index contributed by atoms with van der Waals surface area (Å²) in [7, 11) is 1.39. The van der Waals surface area contributed by atoms with Gasteiger partial charge in [0.1, 0.15) is 0 Å². The Labute approximate surface area is 110 Å². The molecule has 3 aromatic rings. The number of esters is 1. The Bertz CT molecular complexity index is 710. The summed E-state index contributed by atoms with van der Waals surface area (Å²) in [6.45, 7) is 0. The number of methoxy groups -OCH3 is 1. The fraction of sp³-hybridized carbons (Fsp3) is 0.0625. The number of ether oxygens (including phenoxy) is 1. The van der Waals surface area contributed by atoms with Crippen LogP contribution in [0.25, 0.3) is 22.2 Å². The molecule has 1 N–H and O–H groups in total. The van der Waals surface area contributed by atoms with Crippen LogP contribution in [-0.4, -0.2) is 18.1 Å². The lowest BCUT2D eigenvalue weighted by Crippen LogP contribution is -2.03. The molecule has 0 saturated carbocycles. The molecule has 0 bridgehead atoms. The third-order valence-corrected chi connectivity index (χ3v) is 3.15. The van der Waals surface area contributed by atoms with E-state index in [1.807, 2.05) is 48.5 Å². The van der Waals surface area contributed by atoms with Gasteiger partial charge in [0, 0.05) is 22.2 Å². The molecular weight excluding hydrogens is 238 g/mol. The normalized spacial score (nSPS) is 10.6. The summed E-state index contributed by atoms with van der Waals surface area (Å²) >= 11 is 0. The van der Waals surface area contributed by atoms with Crippen LogP contribution in [0.2, 0.25) is 0 Å². The van der Waals surface area contributed by atoms with Gasteiger partial charge in [0.05, 0.1) is 12.7 Å². The van der Waals surface area contributed by atoms with Crippen molar-refractivity contribution in [3.63, 3.8) is 0 Å². The molecule has 3 heteroatoms. The molecule has 1 aromatic heterocycles. The van der Waals surface area contributed by atoms with Gasteiger partial charge in [-0.05, 0) is 18.2 Å². The van der Waals surface area contributed by atoms with Gasteiger partial charge in [0.25, 0.3) is 0 Å². The maximum absolute atomic E-state index is 11.8. The number of carbonyl (C=O) groups is 1. The molecule has 0 saturated heterocycles. The second-order valence-corrected chi connectivity index (χ2v) is 4.31. The number of hydrogen-bond acceptors (Lipinski definition) is 2. The van der Waals surface area contributed by atoms with Crippen LogP contribution in [0.1, 0.15) is 10.4 Å². The molecule has 3 nitrogen and oxygen atoms in total. The van der Waals surface area contributed by atoms with Crippen molar-refractivity contribution in [2.24, 2.45) is 0 Å². The Kier molecular flexibility index (Phi) is 2.80. The lowest BCUT2D eigenvalue weighted by molar-refractivity contribution is 0.0601. The summed E-state index contributed by atoms with van der Waals surface area (Å²) in [5.74, 6) is -0.325. The molecule has 0 aliphatic heterocycles. The van der Waals surface area contributed by atoms with Gasteiger partial charge in [-0.15, -0.1) is 0 Å². The fourth-order valence-electron chi connectivity index (χ4n) is 2.22. The van der Waals surface area contributed by atoms with Crippen LogP contribution in [0.3, 0.4) is 0 Å². The lowest BCUT2D eigenvalue weighted by Gasteiger charge is -2.05. The summed E-state index contributed by atoms with van der Waals surface area (Å²) in [5, 5.41) is 1.12. The van der Waals surface area contributed by atoms with Crippen molar-refractivity contribution in [2.45, 2.75) is 0 Å². The van der Waals surface area contributed by atoms with Gasteiger partial charge >= 0.3 is 5.97 Å². The van der Waals surface area contributed by atoms with Crippen molar-refractivity contribution in [1.29, 1.82) is 0 Å². The van der Waals surface area contributed by atoms with Gasteiger partial charge in [-0.3, -0.25) is 0 Å². The zero-order valence-electron chi connectivity index (χ0n) is 10.5. The van der Waals surface area contributed by atoms with Gasteiger partial charge in [0.2, 0.25) is 0 Å². The third-order valence-electron chi connectivity index (χ3n) is 3.15. The zero-order chi connectivity index (χ0) is 13.2. The molecule has 0 atom stereocenters. The molecule has 0 fully saturated rings. The molecule has 2 aromatic carbocycles. The Morgan fingerprint density at radius 3 is 2.58 bits per heavy atom. The molecule has 0 aliphatic rings. The molecule has 0 unspecified atom stereocenters. The Balaban J connectivity index is 2.18. The summed E-state index contributed by atoms with van der Waals surface area (Å²) in [6.07, 6.45) is 0. The number of para-hydroxylation sites is 1. The van der Waals surface area contributed by atoms with E-state index in [4.69, 9.17) is 4.74 Å². The van der Waals surface area contributed by atoms with E-state index in [9.17, 15) is 4.79 Å². The number of carbonyl (C=O) groups excluding carboxylic acids is 1. The molecule has 0 aliphatic carbocycles. The van der Waals surface area contributed by atoms with Crippen LogP contribution in [0.4, 0.5) is 0 Å². The molecule has 94 valence electrons. The van der Waals surface area contributed by atoms with Crippen LogP contribution in [0, 0.1) is 0 Å². The van der Waals surface area contributed by atoms with E-state index in [0.29, 0.717) is 5.56 Å². The smallest absolute Gasteiger partial charge is 0.338 e. The molecule has 0 radical (unpaired) electrons. The SMILES string of the molecule is COC(=O)c1ccccc1-c1cc2ccccc2[nH]1. The third kappa shape index (κ3) is 1.99. The highest BCUT2D eigenvalue weighted by molar-refractivity contribution is 5.98. The van der Waals surface area contributed by atoms with E-state index < -0.39 is 0 Å². The van der Waals surface area contributed by atoms with Crippen molar-refractivity contribution >= 4 is 16.9 Å². The van der Waals surface area contributed by atoms with E-state index in [2.05, 4.69) is 4.98 Å². The molecule has 0 spiro atoms. The quantitative estimate of drug-likeness (QED) is 0.707. The predicted molar refractivity (Wildman–Crippen MR) is 75.1 cm³/mol. The first-order valence-corrected chi connectivity index (χ1v) is 6.05. The number of rotatable bonds is 2. The number of H-pyrrole nitrogens is 1. The number of benzene rings is 2. The first kappa shape index (κ1) is 11.5. The number of aromatic nitrogens is 1. The van der Waals surface area contributed by atoms with Crippen molar-refractivity contribution in [2.75, 3.05) is 7.11 Å². The fourth-order valence-corrected chi connectivity index (χ4v) is 2.22. The Morgan fingerprint density at radius 1 is 1.05 bits per heavy atom. The maximum atomic E-state index is 11.8. The summed E-state index contributed by atoms with van der Waals surface area (Å²) in [6, 6.07) is 17.5. The van der Waals surface area contributed by atoms with Crippen molar-refractivity contribution in [1.82, 2.24) is 4.98 Å². The van der Waals surface area contributed by atoms with E-state index in [1.165, 1.54) is 7.11 Å². The largest absolute Gasteiger partial charge is 0.465 e. The van der Waals surface area contributed by atoms with Crippen LogP contribution < -0.4 is 0 Å². The molecular formula is C16H13NO2. The topological polar surface area (TPSA) is 42.1 Å². The number of aromatic amines is 1. The number of hydrogen-bond donors (Lipinski definition) is 1. The lowest BCUT2D eigenvalue weighted by atomic mass is 10.0. The first-order valence-electron chi connectivity index (χ1n) is 6.05. The van der Waals surface area contributed by atoms with E-state index in [1.54, 1.807) is 6.07 Å². The standard InChI is InChI=1S/C16H13NO2/c1-19-16(18)13-8-4-3-7-12(13)15-10-11-6-2-5-9-14(11)17-15/h2-10,17H,1H3. The Morgan fingerprint density at radius 2 is 1.79 bits per heavy atom. The van der Waals surface area contributed by atoms with Gasteiger partial charge < -0.3 is 9.72 Å². The predicted octanol–water partition coefficient (Wildman–Crippen LogP) is 3.62. The van der Waals surface area contributed by atoms with Crippen LogP contribution in [0.15, 0.2) is 54.6 Å². The molecule has 3 rings (SSSR count). The maximum Gasteiger partial charge on any atom is 0.338 e. The van der Waals surface area contributed by atoms with E-state index in [0.717, 1.165) is 22.2 Å². The summed E-state index contributed by atoms with van der Waals surface area (Å²) in [4.78, 5) is 15.1. The highest BCUT2D eigenvalue weighted by Crippen LogP contribution is 2.27.